The van der Waals surface area contributed by atoms with Crippen LogP contribution in [0.15, 0.2) is 12.4 Å². The highest BCUT2D eigenvalue weighted by atomic mass is 19.4. The smallest absolute Gasteiger partial charge is 0.351 e. The van der Waals surface area contributed by atoms with Crippen LogP contribution in [0, 0.1) is 0 Å². The molecule has 0 spiro atoms. The van der Waals surface area contributed by atoms with Crippen LogP contribution >= 0.6 is 0 Å². The fourth-order valence-corrected chi connectivity index (χ4v) is 1.70. The summed E-state index contributed by atoms with van der Waals surface area (Å²) in [5.74, 6) is 0.255. The van der Waals surface area contributed by atoms with Crippen molar-refractivity contribution in [1.29, 1.82) is 0 Å². The van der Waals surface area contributed by atoms with Gasteiger partial charge >= 0.3 is 6.18 Å². The summed E-state index contributed by atoms with van der Waals surface area (Å²) in [6.45, 7) is 1.80. The fraction of sp³-hybridized carbons (Fsp3) is 0.600. The summed E-state index contributed by atoms with van der Waals surface area (Å²) in [4.78, 5) is 7.35. The fourth-order valence-electron chi connectivity index (χ4n) is 1.70. The van der Waals surface area contributed by atoms with Crippen LogP contribution in [-0.2, 0) is 6.18 Å². The van der Waals surface area contributed by atoms with E-state index in [0.717, 1.165) is 38.3 Å². The van der Waals surface area contributed by atoms with E-state index < -0.39 is 11.7 Å². The molecule has 2 N–H and O–H groups in total. The van der Waals surface area contributed by atoms with Crippen molar-refractivity contribution in [2.45, 2.75) is 25.1 Å². The second kappa shape index (κ2) is 4.87. The van der Waals surface area contributed by atoms with Crippen molar-refractivity contribution < 1.29 is 13.2 Å². The number of aromatic nitrogens is 2. The van der Waals surface area contributed by atoms with Crippen molar-refractivity contribution in [1.82, 2.24) is 15.3 Å². The number of hydrogen-bond donors (Lipinski definition) is 2. The Kier molecular flexibility index (Phi) is 3.46. The van der Waals surface area contributed by atoms with Gasteiger partial charge in [-0.25, -0.2) is 9.97 Å². The van der Waals surface area contributed by atoms with E-state index in [1.807, 2.05) is 0 Å². The molecule has 0 amide bonds. The molecule has 1 aromatic heterocycles. The summed E-state index contributed by atoms with van der Waals surface area (Å²) in [6, 6.07) is 0.230. The minimum absolute atomic E-state index is 0.230. The van der Waals surface area contributed by atoms with Gasteiger partial charge in [0.2, 0.25) is 5.95 Å². The number of piperidine rings is 1. The van der Waals surface area contributed by atoms with Gasteiger partial charge in [-0.3, -0.25) is 0 Å². The number of halogens is 3. The Bertz CT molecular complexity index is 357. The Morgan fingerprint density at radius 1 is 1.18 bits per heavy atom. The van der Waals surface area contributed by atoms with E-state index in [1.54, 1.807) is 0 Å². The Labute approximate surface area is 96.7 Å². The highest BCUT2D eigenvalue weighted by Gasteiger charge is 2.31. The molecule has 0 radical (unpaired) electrons. The number of nitrogens with one attached hydrogen (secondary N) is 2. The first-order chi connectivity index (χ1) is 8.05. The van der Waals surface area contributed by atoms with E-state index >= 15 is 0 Å². The molecule has 0 unspecified atom stereocenters. The van der Waals surface area contributed by atoms with Crippen LogP contribution in [0.3, 0.4) is 0 Å². The van der Waals surface area contributed by atoms with Crippen LogP contribution in [0.25, 0.3) is 0 Å². The predicted molar refractivity (Wildman–Crippen MR) is 56.5 cm³/mol. The molecule has 1 aliphatic heterocycles. The Hall–Kier alpha value is -1.37. The summed E-state index contributed by atoms with van der Waals surface area (Å²) < 4.78 is 36.8. The Balaban J connectivity index is 1.98. The molecule has 0 saturated carbocycles. The molecule has 0 aliphatic carbocycles. The largest absolute Gasteiger partial charge is 0.419 e. The number of rotatable bonds is 2. The molecule has 0 aromatic carbocycles. The third-order valence-electron chi connectivity index (χ3n) is 2.65. The highest BCUT2D eigenvalue weighted by molar-refractivity contribution is 5.27. The normalized spacial score (nSPS) is 18.1. The second-order valence-electron chi connectivity index (χ2n) is 3.96. The molecular formula is C10H13F3N4. The Morgan fingerprint density at radius 3 is 2.29 bits per heavy atom. The average molecular weight is 246 g/mol. The van der Waals surface area contributed by atoms with Gasteiger partial charge in [0, 0.05) is 18.4 Å². The molecule has 2 heterocycles. The molecule has 1 aromatic rings. The number of nitrogens with zero attached hydrogens (tertiary/aromatic N) is 2. The van der Waals surface area contributed by atoms with E-state index in [2.05, 4.69) is 20.6 Å². The molecule has 0 bridgehead atoms. The molecule has 1 fully saturated rings. The minimum Gasteiger partial charge on any atom is -0.351 e. The standard InChI is InChI=1S/C10H13F3N4/c11-10(12,13)7-5-15-9(16-6-7)17-8-1-3-14-4-2-8/h5-6,8,14H,1-4H2,(H,15,16,17). The average Bonchev–Trinajstić information content (AvgIpc) is 2.30. The summed E-state index contributed by atoms with van der Waals surface area (Å²) in [5, 5.41) is 6.23. The van der Waals surface area contributed by atoms with Gasteiger partial charge in [-0.15, -0.1) is 0 Å². The van der Waals surface area contributed by atoms with Gasteiger partial charge in [0.1, 0.15) is 0 Å². The molecular weight excluding hydrogens is 233 g/mol. The topological polar surface area (TPSA) is 49.8 Å². The predicted octanol–water partition coefficient (Wildman–Crippen LogP) is 1.66. The van der Waals surface area contributed by atoms with Crippen LogP contribution in [0.1, 0.15) is 18.4 Å². The van der Waals surface area contributed by atoms with Gasteiger partial charge in [0.25, 0.3) is 0 Å². The first-order valence-electron chi connectivity index (χ1n) is 5.42. The molecule has 7 heteroatoms. The van der Waals surface area contributed by atoms with Crippen LogP contribution in [0.2, 0.25) is 0 Å². The van der Waals surface area contributed by atoms with Gasteiger partial charge in [-0.05, 0) is 25.9 Å². The monoisotopic (exact) mass is 246 g/mol. The molecule has 1 aliphatic rings. The molecule has 17 heavy (non-hydrogen) atoms. The van der Waals surface area contributed by atoms with Crippen LogP contribution in [0.5, 0.6) is 0 Å². The summed E-state index contributed by atoms with van der Waals surface area (Å²) in [5.41, 5.74) is -0.826. The maximum atomic E-state index is 12.3. The molecule has 2 rings (SSSR count). The quantitative estimate of drug-likeness (QED) is 0.833. The van der Waals surface area contributed by atoms with Crippen LogP contribution < -0.4 is 10.6 Å². The zero-order valence-corrected chi connectivity index (χ0v) is 9.09. The summed E-state index contributed by atoms with van der Waals surface area (Å²) >= 11 is 0. The third kappa shape index (κ3) is 3.29. The Morgan fingerprint density at radius 2 is 1.76 bits per heavy atom. The van der Waals surface area contributed by atoms with Crippen molar-refractivity contribution in [2.75, 3.05) is 18.4 Å². The van der Waals surface area contributed by atoms with Crippen molar-refractivity contribution in [2.24, 2.45) is 0 Å². The van der Waals surface area contributed by atoms with Crippen molar-refractivity contribution in [3.05, 3.63) is 18.0 Å². The molecule has 0 atom stereocenters. The lowest BCUT2D eigenvalue weighted by Gasteiger charge is -2.23. The van der Waals surface area contributed by atoms with Crippen LogP contribution in [-0.4, -0.2) is 29.1 Å². The van der Waals surface area contributed by atoms with E-state index in [4.69, 9.17) is 0 Å². The third-order valence-corrected chi connectivity index (χ3v) is 2.65. The van der Waals surface area contributed by atoms with Gasteiger partial charge in [-0.1, -0.05) is 0 Å². The number of anilines is 1. The van der Waals surface area contributed by atoms with Gasteiger partial charge < -0.3 is 10.6 Å². The first kappa shape index (κ1) is 12.1. The number of alkyl halides is 3. The van der Waals surface area contributed by atoms with Crippen molar-refractivity contribution >= 4 is 5.95 Å². The molecule has 94 valence electrons. The lowest BCUT2D eigenvalue weighted by molar-refractivity contribution is -0.138. The van der Waals surface area contributed by atoms with Gasteiger partial charge in [0.05, 0.1) is 5.56 Å². The summed E-state index contributed by atoms with van der Waals surface area (Å²) in [6.07, 6.45) is -0.936. The van der Waals surface area contributed by atoms with Crippen molar-refractivity contribution in [3.8, 4) is 0 Å². The SMILES string of the molecule is FC(F)(F)c1cnc(NC2CCNCC2)nc1. The van der Waals surface area contributed by atoms with E-state index in [1.165, 1.54) is 0 Å². The summed E-state index contributed by atoms with van der Waals surface area (Å²) in [7, 11) is 0. The number of hydrogen-bond acceptors (Lipinski definition) is 4. The van der Waals surface area contributed by atoms with E-state index in [-0.39, 0.29) is 12.0 Å². The zero-order valence-electron chi connectivity index (χ0n) is 9.09. The van der Waals surface area contributed by atoms with E-state index in [0.29, 0.717) is 0 Å². The highest BCUT2D eigenvalue weighted by Crippen LogP contribution is 2.28. The maximum Gasteiger partial charge on any atom is 0.419 e. The molecule has 1 saturated heterocycles. The maximum absolute atomic E-state index is 12.3. The van der Waals surface area contributed by atoms with Crippen LogP contribution in [0.4, 0.5) is 19.1 Å². The lowest BCUT2D eigenvalue weighted by Crippen LogP contribution is -2.35. The second-order valence-corrected chi connectivity index (χ2v) is 3.96. The lowest BCUT2D eigenvalue weighted by atomic mass is 10.1. The van der Waals surface area contributed by atoms with E-state index in [9.17, 15) is 13.2 Å². The molecule has 4 nitrogen and oxygen atoms in total. The minimum atomic E-state index is -4.38. The first-order valence-corrected chi connectivity index (χ1v) is 5.42. The van der Waals surface area contributed by atoms with Crippen molar-refractivity contribution in [3.63, 3.8) is 0 Å². The van der Waals surface area contributed by atoms with Gasteiger partial charge in [0.15, 0.2) is 0 Å². The van der Waals surface area contributed by atoms with Gasteiger partial charge in [-0.2, -0.15) is 13.2 Å². The zero-order chi connectivity index (χ0) is 12.3.